The Balaban J connectivity index is 2.13. The lowest BCUT2D eigenvalue weighted by Crippen LogP contribution is -2.13. The molecule has 0 fully saturated rings. The second-order valence-electron chi connectivity index (χ2n) is 3.34. The minimum Gasteiger partial charge on any atom is -0.280 e. The predicted octanol–water partition coefficient (Wildman–Crippen LogP) is 3.68. The van der Waals surface area contributed by atoms with E-state index in [1.807, 2.05) is 36.4 Å². The molecule has 1 unspecified atom stereocenters. The Morgan fingerprint density at radius 3 is 2.00 bits per heavy atom. The maximum Gasteiger partial charge on any atom is 0.234 e. The summed E-state index contributed by atoms with van der Waals surface area (Å²) in [5.41, 5.74) is 0. The third-order valence-corrected chi connectivity index (χ3v) is 3.92. The first kappa shape index (κ1) is 11.1. The van der Waals surface area contributed by atoms with E-state index in [2.05, 4.69) is 31.2 Å². The minimum atomic E-state index is -0.146. The van der Waals surface area contributed by atoms with Crippen LogP contribution in [0.4, 0.5) is 0 Å². The fourth-order valence-electron chi connectivity index (χ4n) is 1.44. The average Bonchev–Trinajstić information content (AvgIpc) is 2.38. The molecule has 0 N–H and O–H groups in total. The molecule has 0 saturated heterocycles. The summed E-state index contributed by atoms with van der Waals surface area (Å²) in [5, 5.41) is 0. The Kier molecular flexibility index (Phi) is 3.89. The largest absolute Gasteiger partial charge is 0.280 e. The standard InChI is InChI=1S/C14H15OS/c1-2-16(14-11-7-4-8-12-14)15-13-9-5-3-6-10-13/h3-12H,2H2,1H3/q+1. The summed E-state index contributed by atoms with van der Waals surface area (Å²) in [5.74, 6) is 1.94. The van der Waals surface area contributed by atoms with E-state index >= 15 is 0 Å². The van der Waals surface area contributed by atoms with Crippen LogP contribution in [0.1, 0.15) is 6.92 Å². The number of hydrogen-bond donors (Lipinski definition) is 0. The molecule has 1 atom stereocenters. The molecular weight excluding hydrogens is 216 g/mol. The SMILES string of the molecule is CC[S+](Oc1ccccc1)c1ccccc1. The first-order valence-electron chi connectivity index (χ1n) is 5.39. The van der Waals surface area contributed by atoms with Gasteiger partial charge in [-0.15, -0.1) is 0 Å². The van der Waals surface area contributed by atoms with Gasteiger partial charge in [-0.05, 0) is 31.2 Å². The van der Waals surface area contributed by atoms with Gasteiger partial charge in [0.25, 0.3) is 0 Å². The second kappa shape index (κ2) is 5.61. The molecule has 2 aromatic rings. The minimum absolute atomic E-state index is 0.146. The Bertz CT molecular complexity index is 413. The van der Waals surface area contributed by atoms with Crippen molar-refractivity contribution in [1.29, 1.82) is 0 Å². The van der Waals surface area contributed by atoms with Crippen molar-refractivity contribution in [3.63, 3.8) is 0 Å². The topological polar surface area (TPSA) is 9.23 Å². The van der Waals surface area contributed by atoms with Crippen molar-refractivity contribution < 1.29 is 4.18 Å². The van der Waals surface area contributed by atoms with Crippen molar-refractivity contribution >= 4 is 11.2 Å². The van der Waals surface area contributed by atoms with E-state index in [4.69, 9.17) is 4.18 Å². The monoisotopic (exact) mass is 231 g/mol. The first-order chi connectivity index (χ1) is 7.90. The van der Waals surface area contributed by atoms with E-state index in [1.54, 1.807) is 0 Å². The smallest absolute Gasteiger partial charge is 0.234 e. The van der Waals surface area contributed by atoms with Gasteiger partial charge in [0.1, 0.15) is 0 Å². The van der Waals surface area contributed by atoms with E-state index in [9.17, 15) is 0 Å². The summed E-state index contributed by atoms with van der Waals surface area (Å²) in [6.07, 6.45) is 0. The molecule has 0 aromatic heterocycles. The summed E-state index contributed by atoms with van der Waals surface area (Å²) < 4.78 is 5.98. The zero-order valence-electron chi connectivity index (χ0n) is 9.30. The molecule has 0 aliphatic carbocycles. The van der Waals surface area contributed by atoms with Crippen molar-refractivity contribution in [2.45, 2.75) is 11.8 Å². The van der Waals surface area contributed by atoms with Gasteiger partial charge in [-0.3, -0.25) is 4.18 Å². The van der Waals surface area contributed by atoms with Crippen LogP contribution in [0.25, 0.3) is 0 Å². The normalized spacial score (nSPS) is 12.1. The molecule has 2 heteroatoms. The molecule has 2 rings (SSSR count). The van der Waals surface area contributed by atoms with E-state index in [-0.39, 0.29) is 11.2 Å². The average molecular weight is 231 g/mol. The summed E-state index contributed by atoms with van der Waals surface area (Å²) in [4.78, 5) is 1.26. The molecule has 0 radical (unpaired) electrons. The molecule has 0 spiro atoms. The van der Waals surface area contributed by atoms with Gasteiger partial charge in [0.2, 0.25) is 16.1 Å². The Morgan fingerprint density at radius 2 is 1.44 bits per heavy atom. The van der Waals surface area contributed by atoms with E-state index in [0.717, 1.165) is 11.5 Å². The van der Waals surface area contributed by atoms with Gasteiger partial charge in [0.05, 0.1) is 0 Å². The Labute approximate surface area is 99.6 Å². The van der Waals surface area contributed by atoms with Crippen LogP contribution in [0, 0.1) is 0 Å². The van der Waals surface area contributed by atoms with Crippen LogP contribution in [0.15, 0.2) is 65.6 Å². The van der Waals surface area contributed by atoms with Crippen LogP contribution in [0.5, 0.6) is 5.75 Å². The van der Waals surface area contributed by atoms with Gasteiger partial charge >= 0.3 is 0 Å². The van der Waals surface area contributed by atoms with Crippen LogP contribution < -0.4 is 4.18 Å². The number of rotatable bonds is 4. The molecule has 0 amide bonds. The highest BCUT2D eigenvalue weighted by Crippen LogP contribution is 2.19. The quantitative estimate of drug-likeness (QED) is 0.729. The lowest BCUT2D eigenvalue weighted by molar-refractivity contribution is 0.626. The molecule has 1 nitrogen and oxygen atoms in total. The third-order valence-electron chi connectivity index (χ3n) is 2.21. The van der Waals surface area contributed by atoms with Gasteiger partial charge in [-0.25, -0.2) is 0 Å². The van der Waals surface area contributed by atoms with E-state index in [1.165, 1.54) is 4.90 Å². The Hall–Kier alpha value is -1.41. The Morgan fingerprint density at radius 1 is 0.875 bits per heavy atom. The first-order valence-corrected chi connectivity index (χ1v) is 6.71. The van der Waals surface area contributed by atoms with Gasteiger partial charge in [-0.1, -0.05) is 36.4 Å². The van der Waals surface area contributed by atoms with Crippen molar-refractivity contribution in [1.82, 2.24) is 0 Å². The van der Waals surface area contributed by atoms with Crippen molar-refractivity contribution in [3.05, 3.63) is 60.7 Å². The van der Waals surface area contributed by atoms with Crippen LogP contribution >= 0.6 is 0 Å². The summed E-state index contributed by atoms with van der Waals surface area (Å²) in [6.45, 7) is 2.15. The fraction of sp³-hybridized carbons (Fsp3) is 0.143. The van der Waals surface area contributed by atoms with Crippen LogP contribution in [-0.2, 0) is 11.2 Å². The van der Waals surface area contributed by atoms with Crippen molar-refractivity contribution in [2.24, 2.45) is 0 Å². The number of hydrogen-bond acceptors (Lipinski definition) is 1. The van der Waals surface area contributed by atoms with Crippen LogP contribution in [-0.4, -0.2) is 5.75 Å². The van der Waals surface area contributed by atoms with E-state index < -0.39 is 0 Å². The lowest BCUT2D eigenvalue weighted by Gasteiger charge is -2.04. The van der Waals surface area contributed by atoms with Gasteiger partial charge in [0, 0.05) is 0 Å². The maximum atomic E-state index is 5.98. The predicted molar refractivity (Wildman–Crippen MR) is 69.7 cm³/mol. The summed E-state index contributed by atoms with van der Waals surface area (Å²) >= 11 is -0.146. The second-order valence-corrected chi connectivity index (χ2v) is 5.25. The highest BCUT2D eigenvalue weighted by atomic mass is 32.2. The highest BCUT2D eigenvalue weighted by molar-refractivity contribution is 7.92. The summed E-state index contributed by atoms with van der Waals surface area (Å²) in [7, 11) is 0. The fourth-order valence-corrected chi connectivity index (χ4v) is 2.79. The molecule has 0 aliphatic rings. The van der Waals surface area contributed by atoms with Gasteiger partial charge in [0.15, 0.2) is 11.5 Å². The number of para-hydroxylation sites is 1. The molecule has 0 saturated carbocycles. The zero-order chi connectivity index (χ0) is 11.2. The maximum absolute atomic E-state index is 5.98. The van der Waals surface area contributed by atoms with Gasteiger partial charge < -0.3 is 0 Å². The summed E-state index contributed by atoms with van der Waals surface area (Å²) in [6, 6.07) is 20.4. The molecule has 82 valence electrons. The molecule has 0 bridgehead atoms. The lowest BCUT2D eigenvalue weighted by atomic mass is 10.3. The molecule has 16 heavy (non-hydrogen) atoms. The van der Waals surface area contributed by atoms with E-state index in [0.29, 0.717) is 0 Å². The third kappa shape index (κ3) is 2.80. The van der Waals surface area contributed by atoms with Crippen LogP contribution in [0.3, 0.4) is 0 Å². The van der Waals surface area contributed by atoms with Gasteiger partial charge in [-0.2, -0.15) is 0 Å². The molecule has 2 aromatic carbocycles. The molecule has 0 aliphatic heterocycles. The van der Waals surface area contributed by atoms with Crippen LogP contribution in [0.2, 0.25) is 0 Å². The van der Waals surface area contributed by atoms with Crippen molar-refractivity contribution in [2.75, 3.05) is 5.75 Å². The number of benzene rings is 2. The van der Waals surface area contributed by atoms with Crippen molar-refractivity contribution in [3.8, 4) is 5.75 Å². The highest BCUT2D eigenvalue weighted by Gasteiger charge is 2.22. The zero-order valence-corrected chi connectivity index (χ0v) is 10.1. The molecule has 0 heterocycles. The molecular formula is C14H15OS+.